The molecular formula is C33H28N4O6. The largest absolute Gasteiger partial charge is 0.497 e. The predicted octanol–water partition coefficient (Wildman–Crippen LogP) is 5.73. The van der Waals surface area contributed by atoms with Gasteiger partial charge in [-0.3, -0.25) is 9.59 Å². The van der Waals surface area contributed by atoms with Gasteiger partial charge in [-0.25, -0.2) is 14.8 Å². The first-order valence-electron chi connectivity index (χ1n) is 13.3. The molecule has 5 rings (SSSR count). The summed E-state index contributed by atoms with van der Waals surface area (Å²) in [4.78, 5) is 46.2. The number of aromatic nitrogens is 2. The van der Waals surface area contributed by atoms with Gasteiger partial charge in [-0.2, -0.15) is 0 Å². The number of hydrogen-bond donors (Lipinski definition) is 2. The molecule has 0 spiro atoms. The highest BCUT2D eigenvalue weighted by atomic mass is 16.5. The van der Waals surface area contributed by atoms with E-state index in [-0.39, 0.29) is 11.5 Å². The number of benzene rings is 4. The minimum atomic E-state index is -0.676. The Kier molecular flexibility index (Phi) is 8.57. The van der Waals surface area contributed by atoms with Crippen molar-refractivity contribution in [2.24, 2.45) is 0 Å². The molecule has 2 amide bonds. The molecule has 0 atom stereocenters. The van der Waals surface area contributed by atoms with Gasteiger partial charge in [-0.15, -0.1) is 0 Å². The number of carbonyl (C=O) groups is 3. The number of rotatable bonds is 9. The average molecular weight is 577 g/mol. The van der Waals surface area contributed by atoms with Crippen molar-refractivity contribution in [2.75, 3.05) is 31.5 Å². The smallest absolute Gasteiger partial charge is 0.338 e. The van der Waals surface area contributed by atoms with Crippen LogP contribution in [0, 0.1) is 0 Å². The summed E-state index contributed by atoms with van der Waals surface area (Å²) in [6.45, 7) is 0.926. The van der Waals surface area contributed by atoms with Crippen molar-refractivity contribution in [3.8, 4) is 34.0 Å². The summed E-state index contributed by atoms with van der Waals surface area (Å²) >= 11 is 0. The van der Waals surface area contributed by atoms with Gasteiger partial charge >= 0.3 is 5.97 Å². The molecule has 0 fully saturated rings. The summed E-state index contributed by atoms with van der Waals surface area (Å²) in [6, 6.07) is 26.5. The minimum absolute atomic E-state index is 0.196. The lowest BCUT2D eigenvalue weighted by Gasteiger charge is -2.12. The van der Waals surface area contributed by atoms with E-state index in [4.69, 9.17) is 24.2 Å². The molecule has 0 saturated heterocycles. The monoisotopic (exact) mass is 576 g/mol. The van der Waals surface area contributed by atoms with Gasteiger partial charge in [0.1, 0.15) is 11.5 Å². The van der Waals surface area contributed by atoms with Crippen LogP contribution in [0.5, 0.6) is 11.5 Å². The standard InChI is InChI=1S/C33H28N4O6/c1-20(38)34-24-9-11-25(12-10-24)35-30(39)19-43-33(40)23-8-17-28-29(18-23)37-32(22-6-15-27(42-3)16-7-22)31(36-28)21-4-13-26(41-2)14-5-21/h4-18H,19H2,1-3H3,(H,34,38)(H,35,39). The Morgan fingerprint density at radius 3 is 1.67 bits per heavy atom. The molecular weight excluding hydrogens is 548 g/mol. The Labute approximate surface area is 247 Å². The van der Waals surface area contributed by atoms with Gasteiger partial charge in [0.25, 0.3) is 5.91 Å². The van der Waals surface area contributed by atoms with Crippen LogP contribution in [0.3, 0.4) is 0 Å². The van der Waals surface area contributed by atoms with Crippen LogP contribution in [-0.2, 0) is 14.3 Å². The third-order valence-electron chi connectivity index (χ3n) is 6.45. The van der Waals surface area contributed by atoms with Crippen molar-refractivity contribution in [3.63, 3.8) is 0 Å². The normalized spacial score (nSPS) is 10.6. The lowest BCUT2D eigenvalue weighted by atomic mass is 10.0. The Morgan fingerprint density at radius 1 is 0.651 bits per heavy atom. The molecule has 5 aromatic rings. The first-order valence-corrected chi connectivity index (χ1v) is 13.3. The maximum absolute atomic E-state index is 12.9. The van der Waals surface area contributed by atoms with E-state index in [0.717, 1.165) is 16.9 Å². The van der Waals surface area contributed by atoms with Crippen LogP contribution in [0.1, 0.15) is 17.3 Å². The quantitative estimate of drug-likeness (QED) is 0.213. The zero-order valence-corrected chi connectivity index (χ0v) is 23.7. The summed E-state index contributed by atoms with van der Waals surface area (Å²) in [5.41, 5.74) is 5.34. The van der Waals surface area contributed by atoms with E-state index in [0.29, 0.717) is 39.5 Å². The zero-order valence-electron chi connectivity index (χ0n) is 23.7. The maximum Gasteiger partial charge on any atom is 0.338 e. The second-order valence-electron chi connectivity index (χ2n) is 9.46. The van der Waals surface area contributed by atoms with Crippen molar-refractivity contribution in [1.82, 2.24) is 9.97 Å². The zero-order chi connectivity index (χ0) is 30.3. The number of nitrogens with one attached hydrogen (secondary N) is 2. The number of ether oxygens (including phenoxy) is 3. The van der Waals surface area contributed by atoms with Gasteiger partial charge in [-0.05, 0) is 91.0 Å². The highest BCUT2D eigenvalue weighted by Gasteiger charge is 2.17. The van der Waals surface area contributed by atoms with Crippen LogP contribution in [0.2, 0.25) is 0 Å². The van der Waals surface area contributed by atoms with E-state index in [2.05, 4.69) is 10.6 Å². The molecule has 0 saturated carbocycles. The van der Waals surface area contributed by atoms with Gasteiger partial charge in [0.2, 0.25) is 5.91 Å². The van der Waals surface area contributed by atoms with E-state index in [1.165, 1.54) is 6.92 Å². The van der Waals surface area contributed by atoms with Crippen LogP contribution in [0.25, 0.3) is 33.5 Å². The number of hydrogen-bond acceptors (Lipinski definition) is 8. The fourth-order valence-electron chi connectivity index (χ4n) is 4.33. The molecule has 0 unspecified atom stereocenters. The molecule has 216 valence electrons. The number of methoxy groups -OCH3 is 2. The summed E-state index contributed by atoms with van der Waals surface area (Å²) in [7, 11) is 3.21. The Bertz CT molecular complexity index is 1790. The van der Waals surface area contributed by atoms with Crippen LogP contribution in [0.4, 0.5) is 11.4 Å². The third-order valence-corrected chi connectivity index (χ3v) is 6.45. The van der Waals surface area contributed by atoms with E-state index in [1.54, 1.807) is 56.7 Å². The van der Waals surface area contributed by atoms with E-state index in [9.17, 15) is 14.4 Å². The van der Waals surface area contributed by atoms with Crippen molar-refractivity contribution in [3.05, 3.63) is 96.6 Å². The lowest BCUT2D eigenvalue weighted by Crippen LogP contribution is -2.21. The van der Waals surface area contributed by atoms with Gasteiger partial charge in [0.15, 0.2) is 6.61 Å². The van der Waals surface area contributed by atoms with Crippen LogP contribution >= 0.6 is 0 Å². The highest BCUT2D eigenvalue weighted by molar-refractivity contribution is 5.98. The molecule has 0 aliphatic heterocycles. The van der Waals surface area contributed by atoms with Crippen LogP contribution in [-0.4, -0.2) is 48.6 Å². The Hall–Kier alpha value is -5.77. The second-order valence-corrected chi connectivity index (χ2v) is 9.46. The molecule has 1 aromatic heterocycles. The number of carbonyl (C=O) groups excluding carboxylic acids is 3. The summed E-state index contributed by atoms with van der Waals surface area (Å²) < 4.78 is 15.9. The predicted molar refractivity (Wildman–Crippen MR) is 163 cm³/mol. The fourth-order valence-corrected chi connectivity index (χ4v) is 4.33. The van der Waals surface area contributed by atoms with E-state index in [1.807, 2.05) is 48.5 Å². The molecule has 10 heteroatoms. The molecule has 0 bridgehead atoms. The molecule has 43 heavy (non-hydrogen) atoms. The van der Waals surface area contributed by atoms with Gasteiger partial charge in [0.05, 0.1) is 42.2 Å². The van der Waals surface area contributed by atoms with E-state index < -0.39 is 18.5 Å². The molecule has 0 aliphatic rings. The first-order chi connectivity index (χ1) is 20.8. The summed E-state index contributed by atoms with van der Waals surface area (Å²) in [6.07, 6.45) is 0. The number of anilines is 2. The van der Waals surface area contributed by atoms with Crippen LogP contribution in [0.15, 0.2) is 91.0 Å². The molecule has 0 aliphatic carbocycles. The van der Waals surface area contributed by atoms with Gasteiger partial charge < -0.3 is 24.8 Å². The number of fused-ring (bicyclic) bond motifs is 1. The van der Waals surface area contributed by atoms with Crippen LogP contribution < -0.4 is 20.1 Å². The summed E-state index contributed by atoms with van der Waals surface area (Å²) in [5.74, 6) is 0.0509. The summed E-state index contributed by atoms with van der Waals surface area (Å²) in [5, 5.41) is 5.30. The average Bonchev–Trinajstić information content (AvgIpc) is 3.03. The topological polar surface area (TPSA) is 129 Å². The SMILES string of the molecule is COc1ccc(-c2nc3ccc(C(=O)OCC(=O)Nc4ccc(NC(C)=O)cc4)cc3nc2-c2ccc(OC)cc2)cc1. The van der Waals surface area contributed by atoms with Crippen molar-refractivity contribution in [2.45, 2.75) is 6.92 Å². The van der Waals surface area contributed by atoms with Crippen molar-refractivity contribution >= 4 is 40.2 Å². The Morgan fingerprint density at radius 2 is 1.16 bits per heavy atom. The lowest BCUT2D eigenvalue weighted by molar-refractivity contribution is -0.119. The number of esters is 1. The number of amides is 2. The Balaban J connectivity index is 1.36. The molecule has 4 aromatic carbocycles. The molecule has 10 nitrogen and oxygen atoms in total. The highest BCUT2D eigenvalue weighted by Crippen LogP contribution is 2.33. The van der Waals surface area contributed by atoms with Gasteiger partial charge in [0, 0.05) is 29.4 Å². The maximum atomic E-state index is 12.9. The first kappa shape index (κ1) is 28.7. The minimum Gasteiger partial charge on any atom is -0.497 e. The molecule has 2 N–H and O–H groups in total. The second kappa shape index (κ2) is 12.8. The van der Waals surface area contributed by atoms with Gasteiger partial charge in [-0.1, -0.05) is 0 Å². The van der Waals surface area contributed by atoms with Crippen molar-refractivity contribution < 1.29 is 28.6 Å². The number of nitrogens with zero attached hydrogens (tertiary/aromatic N) is 2. The van der Waals surface area contributed by atoms with Crippen molar-refractivity contribution in [1.29, 1.82) is 0 Å². The third kappa shape index (κ3) is 6.94. The van der Waals surface area contributed by atoms with E-state index >= 15 is 0 Å². The fraction of sp³-hybridized carbons (Fsp3) is 0.121. The molecule has 0 radical (unpaired) electrons. The molecule has 1 heterocycles.